The third kappa shape index (κ3) is 2.42. The molecule has 0 aliphatic rings. The Balaban J connectivity index is 3.10. The molecule has 1 atom stereocenters. The monoisotopic (exact) mass is 212 g/mol. The van der Waals surface area contributed by atoms with E-state index in [0.717, 1.165) is 12.0 Å². The first kappa shape index (κ1) is 10.9. The summed E-state index contributed by atoms with van der Waals surface area (Å²) in [7, 11) is 6.05. The fourth-order valence-electron chi connectivity index (χ4n) is 1.06. The second kappa shape index (κ2) is 3.94. The molecule has 0 bridgehead atoms. The molecule has 0 amide bonds. The van der Waals surface area contributed by atoms with Crippen LogP contribution in [0.5, 0.6) is 0 Å². The van der Waals surface area contributed by atoms with Crippen LogP contribution in [0.2, 0.25) is 10.0 Å². The zero-order valence-electron chi connectivity index (χ0n) is 7.77. The van der Waals surface area contributed by atoms with Gasteiger partial charge in [-0.3, -0.25) is 0 Å². The molecule has 1 aromatic rings. The molecule has 0 N–H and O–H groups in total. The van der Waals surface area contributed by atoms with Gasteiger partial charge in [-0.1, -0.05) is 49.5 Å². The van der Waals surface area contributed by atoms with Crippen LogP contribution >= 0.6 is 23.2 Å². The van der Waals surface area contributed by atoms with Crippen molar-refractivity contribution in [3.05, 3.63) is 33.8 Å². The van der Waals surface area contributed by atoms with Crippen molar-refractivity contribution in [3.63, 3.8) is 0 Å². The molecule has 0 aliphatic carbocycles. The summed E-state index contributed by atoms with van der Waals surface area (Å²) in [5, 5.41) is 0.801. The predicted octanol–water partition coefficient (Wildman–Crippen LogP) is 3.79. The fraction of sp³-hybridized carbons (Fsp3) is 0.400. The van der Waals surface area contributed by atoms with Gasteiger partial charge in [-0.25, -0.2) is 0 Å². The third-order valence-corrected chi connectivity index (χ3v) is 3.05. The van der Waals surface area contributed by atoms with Gasteiger partial charge in [0.25, 0.3) is 0 Å². The first-order chi connectivity index (χ1) is 5.97. The van der Waals surface area contributed by atoms with Crippen LogP contribution in [-0.4, -0.2) is 7.85 Å². The SMILES string of the molecule is [B]C(C)(CC)c1ccc(Cl)c(Cl)c1. The molecule has 13 heavy (non-hydrogen) atoms. The van der Waals surface area contributed by atoms with Gasteiger partial charge in [0.05, 0.1) is 17.9 Å². The highest BCUT2D eigenvalue weighted by molar-refractivity contribution is 6.42. The summed E-state index contributed by atoms with van der Waals surface area (Å²) in [6.07, 6.45) is 0.866. The Morgan fingerprint density at radius 2 is 1.92 bits per heavy atom. The lowest BCUT2D eigenvalue weighted by Gasteiger charge is -2.24. The van der Waals surface area contributed by atoms with Crippen LogP contribution < -0.4 is 0 Å². The van der Waals surface area contributed by atoms with E-state index in [-0.39, 0.29) is 5.31 Å². The molecule has 68 valence electrons. The van der Waals surface area contributed by atoms with Crippen LogP contribution in [0.15, 0.2) is 18.2 Å². The summed E-state index contributed by atoms with van der Waals surface area (Å²) in [5.41, 5.74) is 1.02. The van der Waals surface area contributed by atoms with Gasteiger partial charge in [-0.05, 0) is 23.0 Å². The van der Waals surface area contributed by atoms with Crippen molar-refractivity contribution >= 4 is 31.0 Å². The van der Waals surface area contributed by atoms with Crippen LogP contribution in [0.1, 0.15) is 25.8 Å². The van der Waals surface area contributed by atoms with Gasteiger partial charge in [-0.2, -0.15) is 0 Å². The Hall–Kier alpha value is -0.135. The maximum Gasteiger partial charge on any atom is 0.0806 e. The molecule has 0 saturated carbocycles. The van der Waals surface area contributed by atoms with E-state index in [1.54, 1.807) is 6.07 Å². The molecule has 1 unspecified atom stereocenters. The molecule has 2 radical (unpaired) electrons. The number of hydrogen-bond donors (Lipinski definition) is 0. The van der Waals surface area contributed by atoms with Crippen molar-refractivity contribution < 1.29 is 0 Å². The zero-order valence-corrected chi connectivity index (χ0v) is 9.28. The quantitative estimate of drug-likeness (QED) is 0.655. The molecule has 3 heteroatoms. The first-order valence-electron chi connectivity index (χ1n) is 4.22. The van der Waals surface area contributed by atoms with E-state index in [4.69, 9.17) is 31.0 Å². The Morgan fingerprint density at radius 1 is 1.31 bits per heavy atom. The number of benzene rings is 1. The minimum absolute atomic E-state index is 0.325. The van der Waals surface area contributed by atoms with E-state index in [1.807, 2.05) is 26.0 Å². The molecular formula is C10H11BCl2. The van der Waals surface area contributed by atoms with Crippen LogP contribution in [0.4, 0.5) is 0 Å². The second-order valence-corrected chi connectivity index (χ2v) is 4.21. The van der Waals surface area contributed by atoms with Gasteiger partial charge in [0, 0.05) is 0 Å². The third-order valence-electron chi connectivity index (χ3n) is 2.31. The van der Waals surface area contributed by atoms with E-state index in [1.165, 1.54) is 0 Å². The summed E-state index contributed by atoms with van der Waals surface area (Å²) in [6, 6.07) is 5.52. The molecule has 0 spiro atoms. The summed E-state index contributed by atoms with van der Waals surface area (Å²) in [5.74, 6) is 0. The van der Waals surface area contributed by atoms with Crippen molar-refractivity contribution in [2.75, 3.05) is 0 Å². The maximum atomic E-state index is 6.05. The molecule has 0 saturated heterocycles. The lowest BCUT2D eigenvalue weighted by molar-refractivity contribution is 0.649. The molecule has 0 nitrogen and oxygen atoms in total. The van der Waals surface area contributed by atoms with E-state index in [9.17, 15) is 0 Å². The fourth-order valence-corrected chi connectivity index (χ4v) is 1.35. The molecule has 0 aliphatic heterocycles. The Morgan fingerprint density at radius 3 is 2.38 bits per heavy atom. The van der Waals surface area contributed by atoms with E-state index in [2.05, 4.69) is 0 Å². The summed E-state index contributed by atoms with van der Waals surface area (Å²) in [4.78, 5) is 0. The van der Waals surface area contributed by atoms with Crippen molar-refractivity contribution in [1.82, 2.24) is 0 Å². The van der Waals surface area contributed by atoms with Crippen molar-refractivity contribution in [3.8, 4) is 0 Å². The highest BCUT2D eigenvalue weighted by Crippen LogP contribution is 2.29. The normalized spacial score (nSPS) is 15.4. The maximum absolute atomic E-state index is 6.05. The summed E-state index contributed by atoms with van der Waals surface area (Å²) < 4.78 is 0. The first-order valence-corrected chi connectivity index (χ1v) is 4.97. The van der Waals surface area contributed by atoms with Gasteiger partial charge in [0.2, 0.25) is 0 Å². The van der Waals surface area contributed by atoms with Gasteiger partial charge in [-0.15, -0.1) is 0 Å². The molecule has 1 aromatic carbocycles. The molecular weight excluding hydrogens is 202 g/mol. The van der Waals surface area contributed by atoms with E-state index >= 15 is 0 Å². The molecule has 1 rings (SSSR count). The Labute approximate surface area is 90.6 Å². The Kier molecular flexibility index (Phi) is 3.31. The lowest BCUT2D eigenvalue weighted by Crippen LogP contribution is -2.20. The topological polar surface area (TPSA) is 0 Å². The highest BCUT2D eigenvalue weighted by atomic mass is 35.5. The standard InChI is InChI=1S/C10H11BCl2/c1-3-10(2,11)7-4-5-8(12)9(13)6-7/h4-6H,3H2,1-2H3. The Bertz CT molecular complexity index is 308. The smallest absolute Gasteiger partial charge is 0.0806 e. The second-order valence-electron chi connectivity index (χ2n) is 3.40. The van der Waals surface area contributed by atoms with Gasteiger partial charge in [0.15, 0.2) is 0 Å². The van der Waals surface area contributed by atoms with E-state index < -0.39 is 0 Å². The summed E-state index contributed by atoms with van der Waals surface area (Å²) >= 11 is 11.7. The molecule has 0 fully saturated rings. The highest BCUT2D eigenvalue weighted by Gasteiger charge is 2.17. The molecule has 0 aromatic heterocycles. The number of halogens is 2. The number of hydrogen-bond acceptors (Lipinski definition) is 0. The van der Waals surface area contributed by atoms with Gasteiger partial charge in [0.1, 0.15) is 0 Å². The van der Waals surface area contributed by atoms with Crippen molar-refractivity contribution in [2.45, 2.75) is 25.6 Å². The van der Waals surface area contributed by atoms with Gasteiger partial charge >= 0.3 is 0 Å². The van der Waals surface area contributed by atoms with Crippen LogP contribution in [-0.2, 0) is 5.31 Å². The van der Waals surface area contributed by atoms with Crippen LogP contribution in [0.25, 0.3) is 0 Å². The largest absolute Gasteiger partial charge is 0.0827 e. The van der Waals surface area contributed by atoms with Crippen molar-refractivity contribution in [1.29, 1.82) is 0 Å². The van der Waals surface area contributed by atoms with Crippen LogP contribution in [0.3, 0.4) is 0 Å². The average molecular weight is 213 g/mol. The lowest BCUT2D eigenvalue weighted by atomic mass is 9.64. The molecule has 0 heterocycles. The predicted molar refractivity (Wildman–Crippen MR) is 59.9 cm³/mol. The van der Waals surface area contributed by atoms with E-state index in [0.29, 0.717) is 10.0 Å². The summed E-state index contributed by atoms with van der Waals surface area (Å²) in [6.45, 7) is 4.02. The van der Waals surface area contributed by atoms with Gasteiger partial charge < -0.3 is 0 Å². The minimum Gasteiger partial charge on any atom is -0.0827 e. The minimum atomic E-state index is -0.325. The van der Waals surface area contributed by atoms with Crippen molar-refractivity contribution in [2.24, 2.45) is 0 Å². The van der Waals surface area contributed by atoms with Crippen LogP contribution in [0, 0.1) is 0 Å². The number of rotatable bonds is 2. The average Bonchev–Trinajstić information content (AvgIpc) is 2.09. The zero-order chi connectivity index (χ0) is 10.1.